The molecule has 0 aromatic carbocycles. The van der Waals surface area contributed by atoms with E-state index in [1.54, 1.807) is 0 Å². The Hall–Kier alpha value is -0.126. The summed E-state index contributed by atoms with van der Waals surface area (Å²) in [5, 5.41) is 0. The summed E-state index contributed by atoms with van der Waals surface area (Å²) < 4.78 is 2.89. The molecular weight excluding hydrogens is 238 g/mol. The lowest BCUT2D eigenvalue weighted by molar-refractivity contribution is 0.539. The van der Waals surface area contributed by atoms with Gasteiger partial charge in [0.15, 0.2) is 0 Å². The molecule has 1 aliphatic carbocycles. The first kappa shape index (κ1) is 14.9. The van der Waals surface area contributed by atoms with Gasteiger partial charge in [0.25, 0.3) is 0 Å². The highest BCUT2D eigenvalue weighted by atomic mass is 28.4. The smallest absolute Gasteiger partial charge is 0.112 e. The van der Waals surface area contributed by atoms with E-state index in [-0.39, 0.29) is 0 Å². The Morgan fingerprint density at radius 1 is 0.882 bits per heavy atom. The van der Waals surface area contributed by atoms with Crippen molar-refractivity contribution in [3.8, 4) is 0 Å². The summed E-state index contributed by atoms with van der Waals surface area (Å²) in [7, 11) is -2.28. The van der Waals surface area contributed by atoms with E-state index in [1.165, 1.54) is 19.4 Å². The minimum Gasteiger partial charge on any atom is -0.346 e. The minimum atomic E-state index is -1.14. The molecule has 1 nitrogen and oxygen atoms in total. The summed E-state index contributed by atoms with van der Waals surface area (Å²) in [4.78, 5) is 0. The van der Waals surface area contributed by atoms with Gasteiger partial charge in [0, 0.05) is 0 Å². The molecule has 0 spiro atoms. The Kier molecular flexibility index (Phi) is 4.99. The molecule has 0 heterocycles. The van der Waals surface area contributed by atoms with Crippen molar-refractivity contribution < 1.29 is 0 Å². The van der Waals surface area contributed by atoms with Crippen molar-refractivity contribution in [3.63, 3.8) is 0 Å². The molecule has 1 aliphatic rings. The zero-order chi connectivity index (χ0) is 13.1. The van der Waals surface area contributed by atoms with Crippen molar-refractivity contribution in [1.82, 2.24) is 4.23 Å². The monoisotopic (exact) mass is 267 g/mol. The lowest BCUT2D eigenvalue weighted by Crippen LogP contribution is -2.59. The van der Waals surface area contributed by atoms with E-state index in [9.17, 15) is 0 Å². The fraction of sp³-hybridized carbons (Fsp3) is 0.714. The Morgan fingerprint density at radius 3 is 1.76 bits per heavy atom. The molecule has 1 rings (SSSR count). The molecule has 17 heavy (non-hydrogen) atoms. The lowest BCUT2D eigenvalue weighted by Gasteiger charge is -2.43. The van der Waals surface area contributed by atoms with Crippen LogP contribution in [0.4, 0.5) is 0 Å². The normalized spacial score (nSPS) is 17.4. The first-order valence-corrected chi connectivity index (χ1v) is 13.7. The molecule has 0 saturated heterocycles. The Morgan fingerprint density at radius 2 is 1.35 bits per heavy atom. The highest BCUT2D eigenvalue weighted by molar-refractivity contribution is 6.89. The quantitative estimate of drug-likeness (QED) is 0.641. The predicted octanol–water partition coefficient (Wildman–Crippen LogP) is 4.48. The van der Waals surface area contributed by atoms with Crippen LogP contribution in [0.5, 0.6) is 0 Å². The van der Waals surface area contributed by atoms with Crippen LogP contribution < -0.4 is 0 Å². The molecule has 0 aromatic rings. The van der Waals surface area contributed by atoms with Gasteiger partial charge in [-0.15, -0.1) is 0 Å². The third-order valence-electron chi connectivity index (χ3n) is 3.37. The first-order chi connectivity index (χ1) is 7.71. The molecule has 0 bridgehead atoms. The fourth-order valence-corrected chi connectivity index (χ4v) is 12.5. The van der Waals surface area contributed by atoms with Gasteiger partial charge in [0.05, 0.1) is 0 Å². The molecule has 0 unspecified atom stereocenters. The van der Waals surface area contributed by atoms with Crippen molar-refractivity contribution in [2.24, 2.45) is 5.92 Å². The van der Waals surface area contributed by atoms with Crippen LogP contribution in [0.2, 0.25) is 39.3 Å². The Balaban J connectivity index is 2.45. The van der Waals surface area contributed by atoms with Gasteiger partial charge in [0.1, 0.15) is 16.5 Å². The maximum atomic E-state index is 2.89. The zero-order valence-corrected chi connectivity index (χ0v) is 14.5. The minimum absolute atomic E-state index is 0.708. The van der Waals surface area contributed by atoms with Gasteiger partial charge in [-0.05, 0) is 25.3 Å². The molecule has 3 heteroatoms. The van der Waals surface area contributed by atoms with Gasteiger partial charge in [-0.25, -0.2) is 0 Å². The van der Waals surface area contributed by atoms with Crippen LogP contribution in [0.25, 0.3) is 0 Å². The van der Waals surface area contributed by atoms with Crippen molar-refractivity contribution in [2.75, 3.05) is 6.54 Å². The van der Waals surface area contributed by atoms with Gasteiger partial charge in [-0.3, -0.25) is 0 Å². The fourth-order valence-electron chi connectivity index (χ4n) is 2.83. The van der Waals surface area contributed by atoms with Crippen LogP contribution in [-0.4, -0.2) is 27.2 Å². The highest BCUT2D eigenvalue weighted by Gasteiger charge is 2.33. The average molecular weight is 268 g/mol. The van der Waals surface area contributed by atoms with Crippen molar-refractivity contribution in [3.05, 3.63) is 24.3 Å². The SMILES string of the molecule is C[Si](C)(C)N(CCCC1C=CC=C1)[Si](C)(C)C. The van der Waals surface area contributed by atoms with E-state index in [1.807, 2.05) is 0 Å². The third kappa shape index (κ3) is 4.94. The van der Waals surface area contributed by atoms with Crippen LogP contribution in [0.3, 0.4) is 0 Å². The number of nitrogens with zero attached hydrogens (tertiary/aromatic N) is 1. The summed E-state index contributed by atoms with van der Waals surface area (Å²) >= 11 is 0. The zero-order valence-electron chi connectivity index (χ0n) is 12.5. The summed E-state index contributed by atoms with van der Waals surface area (Å²) in [5.74, 6) is 0.708. The third-order valence-corrected chi connectivity index (χ3v) is 11.1. The van der Waals surface area contributed by atoms with Gasteiger partial charge in [0.2, 0.25) is 0 Å². The molecule has 0 N–H and O–H groups in total. The average Bonchev–Trinajstić information content (AvgIpc) is 2.60. The number of hydrogen-bond acceptors (Lipinski definition) is 1. The van der Waals surface area contributed by atoms with Crippen LogP contribution in [0.15, 0.2) is 24.3 Å². The Bertz CT molecular complexity index is 268. The lowest BCUT2D eigenvalue weighted by atomic mass is 10.1. The van der Waals surface area contributed by atoms with E-state index in [0.29, 0.717) is 5.92 Å². The molecule has 98 valence electrons. The summed E-state index contributed by atoms with van der Waals surface area (Å²) in [6.45, 7) is 16.2. The topological polar surface area (TPSA) is 3.24 Å². The molecule has 0 amide bonds. The highest BCUT2D eigenvalue weighted by Crippen LogP contribution is 2.22. The van der Waals surface area contributed by atoms with Gasteiger partial charge in [-0.2, -0.15) is 0 Å². The van der Waals surface area contributed by atoms with Crippen molar-refractivity contribution in [1.29, 1.82) is 0 Å². The standard InChI is InChI=1S/C14H29NSi2/c1-16(2,3)15(17(4,5)6)13-9-12-14-10-7-8-11-14/h7-8,10-11,14H,9,12-13H2,1-6H3. The maximum Gasteiger partial charge on any atom is 0.112 e. The summed E-state index contributed by atoms with van der Waals surface area (Å²) in [6, 6.07) is 0. The predicted molar refractivity (Wildman–Crippen MR) is 84.4 cm³/mol. The maximum absolute atomic E-state index is 2.89. The summed E-state index contributed by atoms with van der Waals surface area (Å²) in [5.41, 5.74) is 0. The second kappa shape index (κ2) is 5.68. The van der Waals surface area contributed by atoms with E-state index < -0.39 is 16.5 Å². The molecule has 0 aliphatic heterocycles. The second-order valence-electron chi connectivity index (χ2n) is 7.07. The number of allylic oxidation sites excluding steroid dienone is 4. The van der Waals surface area contributed by atoms with E-state index in [2.05, 4.69) is 67.8 Å². The first-order valence-electron chi connectivity index (χ1n) is 6.84. The Labute approximate surface area is 110 Å². The molecule has 0 fully saturated rings. The van der Waals surface area contributed by atoms with Crippen LogP contribution in [0, 0.1) is 5.92 Å². The molecule has 0 saturated carbocycles. The van der Waals surface area contributed by atoms with Gasteiger partial charge >= 0.3 is 0 Å². The van der Waals surface area contributed by atoms with E-state index in [4.69, 9.17) is 0 Å². The number of hydrogen-bond donors (Lipinski definition) is 0. The van der Waals surface area contributed by atoms with Crippen LogP contribution >= 0.6 is 0 Å². The second-order valence-corrected chi connectivity index (χ2v) is 17.3. The molecule has 0 atom stereocenters. The van der Waals surface area contributed by atoms with Crippen LogP contribution in [0.1, 0.15) is 12.8 Å². The van der Waals surface area contributed by atoms with E-state index >= 15 is 0 Å². The van der Waals surface area contributed by atoms with Gasteiger partial charge < -0.3 is 4.23 Å². The molecule has 0 radical (unpaired) electrons. The van der Waals surface area contributed by atoms with Crippen LogP contribution in [-0.2, 0) is 0 Å². The summed E-state index contributed by atoms with van der Waals surface area (Å²) in [6.07, 6.45) is 11.7. The largest absolute Gasteiger partial charge is 0.346 e. The number of rotatable bonds is 6. The van der Waals surface area contributed by atoms with Crippen molar-refractivity contribution in [2.45, 2.75) is 52.1 Å². The van der Waals surface area contributed by atoms with E-state index in [0.717, 1.165) is 0 Å². The molecular formula is C14H29NSi2. The van der Waals surface area contributed by atoms with Gasteiger partial charge in [-0.1, -0.05) is 63.6 Å². The molecule has 0 aromatic heterocycles. The van der Waals surface area contributed by atoms with Crippen molar-refractivity contribution >= 4 is 16.5 Å².